The maximum atomic E-state index is 12.5. The number of aryl methyl sites for hydroxylation is 1. The molecule has 1 aromatic carbocycles. The number of ketones is 1. The molecule has 19 heavy (non-hydrogen) atoms. The van der Waals surface area contributed by atoms with Crippen LogP contribution in [0.1, 0.15) is 20.8 Å². The van der Waals surface area contributed by atoms with Gasteiger partial charge in [0.2, 0.25) is 5.78 Å². The van der Waals surface area contributed by atoms with Gasteiger partial charge < -0.3 is 5.73 Å². The molecule has 0 aliphatic rings. The molecule has 0 saturated carbocycles. The lowest BCUT2D eigenvalue weighted by Crippen LogP contribution is -2.01. The number of carbonyl (C=O) groups is 1. The van der Waals surface area contributed by atoms with Crippen molar-refractivity contribution >= 4 is 33.0 Å². The predicted octanol–water partition coefficient (Wildman–Crippen LogP) is 3.42. The molecule has 2 aromatic heterocycles. The smallest absolute Gasteiger partial charge is 0.205 e. The zero-order valence-corrected chi connectivity index (χ0v) is 11.2. The van der Waals surface area contributed by atoms with Crippen LogP contribution in [-0.2, 0) is 0 Å². The Morgan fingerprint density at radius 2 is 1.95 bits per heavy atom. The molecular formula is C15H12N2OS. The van der Waals surface area contributed by atoms with Gasteiger partial charge in [0.05, 0.1) is 5.69 Å². The number of nitrogens with two attached hydrogens (primary N) is 1. The van der Waals surface area contributed by atoms with Gasteiger partial charge in [0, 0.05) is 17.1 Å². The highest BCUT2D eigenvalue weighted by Gasteiger charge is 2.18. The maximum absolute atomic E-state index is 12.5. The minimum Gasteiger partial charge on any atom is -0.397 e. The third-order valence-corrected chi connectivity index (χ3v) is 4.15. The Balaban J connectivity index is 2.11. The first-order valence-corrected chi connectivity index (χ1v) is 6.73. The fourth-order valence-corrected chi connectivity index (χ4v) is 2.98. The van der Waals surface area contributed by atoms with E-state index >= 15 is 0 Å². The summed E-state index contributed by atoms with van der Waals surface area (Å²) in [6, 6.07) is 11.2. The average molecular weight is 268 g/mol. The van der Waals surface area contributed by atoms with Gasteiger partial charge in [-0.3, -0.25) is 4.79 Å². The Morgan fingerprint density at radius 1 is 1.21 bits per heavy atom. The predicted molar refractivity (Wildman–Crippen MR) is 78.6 cm³/mol. The molecule has 0 atom stereocenters. The molecule has 0 fully saturated rings. The molecule has 2 N–H and O–H groups in total. The Hall–Kier alpha value is -2.20. The summed E-state index contributed by atoms with van der Waals surface area (Å²) >= 11 is 1.35. The monoisotopic (exact) mass is 268 g/mol. The molecule has 0 unspecified atom stereocenters. The minimum absolute atomic E-state index is 0.0412. The van der Waals surface area contributed by atoms with E-state index in [1.807, 2.05) is 43.3 Å². The van der Waals surface area contributed by atoms with Crippen molar-refractivity contribution in [2.75, 3.05) is 5.73 Å². The van der Waals surface area contributed by atoms with E-state index in [0.717, 1.165) is 15.8 Å². The molecule has 0 radical (unpaired) electrons. The first-order chi connectivity index (χ1) is 9.16. The summed E-state index contributed by atoms with van der Waals surface area (Å²) in [6.07, 6.45) is 1.71. The van der Waals surface area contributed by atoms with E-state index in [4.69, 9.17) is 5.73 Å². The maximum Gasteiger partial charge on any atom is 0.205 e. The standard InChI is InChI=1S/C15H12N2OS/c1-9-4-6-10(7-5-9)13(18)14-12(16)11-3-2-8-17-15(11)19-14/h2-8H,16H2,1H3. The third-order valence-electron chi connectivity index (χ3n) is 3.02. The van der Waals surface area contributed by atoms with Crippen molar-refractivity contribution < 1.29 is 4.79 Å². The third kappa shape index (κ3) is 2.00. The van der Waals surface area contributed by atoms with Crippen LogP contribution in [0.3, 0.4) is 0 Å². The van der Waals surface area contributed by atoms with E-state index in [1.165, 1.54) is 11.3 Å². The fourth-order valence-electron chi connectivity index (χ4n) is 1.96. The van der Waals surface area contributed by atoms with Crippen molar-refractivity contribution in [3.63, 3.8) is 0 Å². The summed E-state index contributed by atoms with van der Waals surface area (Å²) in [4.78, 5) is 18.1. The first kappa shape index (κ1) is 11.9. The van der Waals surface area contributed by atoms with Gasteiger partial charge in [-0.25, -0.2) is 4.98 Å². The molecule has 0 spiro atoms. The van der Waals surface area contributed by atoms with Gasteiger partial charge in [-0.15, -0.1) is 11.3 Å². The lowest BCUT2D eigenvalue weighted by atomic mass is 10.1. The summed E-state index contributed by atoms with van der Waals surface area (Å²) in [6.45, 7) is 1.99. The number of benzene rings is 1. The van der Waals surface area contributed by atoms with E-state index in [9.17, 15) is 4.79 Å². The Bertz CT molecular complexity index is 759. The van der Waals surface area contributed by atoms with Crippen LogP contribution in [0.2, 0.25) is 0 Å². The number of fused-ring (bicyclic) bond motifs is 1. The molecule has 0 saturated heterocycles. The van der Waals surface area contributed by atoms with Crippen molar-refractivity contribution in [3.05, 3.63) is 58.6 Å². The van der Waals surface area contributed by atoms with Crippen molar-refractivity contribution in [2.45, 2.75) is 6.92 Å². The number of nitrogens with zero attached hydrogens (tertiary/aromatic N) is 1. The Labute approximate surface area is 114 Å². The normalized spacial score (nSPS) is 10.8. The average Bonchev–Trinajstić information content (AvgIpc) is 2.77. The summed E-state index contributed by atoms with van der Waals surface area (Å²) in [5.41, 5.74) is 8.37. The van der Waals surface area contributed by atoms with Crippen LogP contribution in [0.4, 0.5) is 5.69 Å². The molecule has 0 amide bonds. The van der Waals surface area contributed by atoms with Crippen LogP contribution in [0, 0.1) is 6.92 Å². The lowest BCUT2D eigenvalue weighted by molar-refractivity contribution is 0.104. The van der Waals surface area contributed by atoms with Crippen LogP contribution < -0.4 is 5.73 Å². The van der Waals surface area contributed by atoms with Crippen LogP contribution in [0.5, 0.6) is 0 Å². The van der Waals surface area contributed by atoms with Gasteiger partial charge in [-0.1, -0.05) is 29.8 Å². The number of anilines is 1. The van der Waals surface area contributed by atoms with E-state index < -0.39 is 0 Å². The Morgan fingerprint density at radius 3 is 2.63 bits per heavy atom. The summed E-state index contributed by atoms with van der Waals surface area (Å²) < 4.78 is 0. The molecule has 3 nitrogen and oxygen atoms in total. The van der Waals surface area contributed by atoms with Crippen LogP contribution in [0.15, 0.2) is 42.6 Å². The molecule has 0 aliphatic heterocycles. The highest BCUT2D eigenvalue weighted by molar-refractivity contribution is 7.21. The number of nitrogen functional groups attached to an aromatic ring is 1. The number of rotatable bonds is 2. The van der Waals surface area contributed by atoms with Gasteiger partial charge >= 0.3 is 0 Å². The molecule has 4 heteroatoms. The van der Waals surface area contributed by atoms with E-state index in [-0.39, 0.29) is 5.78 Å². The number of hydrogen-bond acceptors (Lipinski definition) is 4. The molecule has 0 aliphatic carbocycles. The molecule has 3 rings (SSSR count). The molecule has 3 aromatic rings. The van der Waals surface area contributed by atoms with Gasteiger partial charge in [-0.05, 0) is 19.1 Å². The topological polar surface area (TPSA) is 56.0 Å². The second kappa shape index (κ2) is 4.48. The quantitative estimate of drug-likeness (QED) is 0.724. The fraction of sp³-hybridized carbons (Fsp3) is 0.0667. The molecule has 2 heterocycles. The minimum atomic E-state index is -0.0412. The first-order valence-electron chi connectivity index (χ1n) is 5.91. The van der Waals surface area contributed by atoms with Crippen LogP contribution in [0.25, 0.3) is 10.2 Å². The van der Waals surface area contributed by atoms with Gasteiger partial charge in [0.15, 0.2) is 0 Å². The number of aromatic nitrogens is 1. The van der Waals surface area contributed by atoms with E-state index in [2.05, 4.69) is 4.98 Å². The largest absolute Gasteiger partial charge is 0.397 e. The van der Waals surface area contributed by atoms with E-state index in [1.54, 1.807) is 6.20 Å². The zero-order valence-electron chi connectivity index (χ0n) is 10.4. The van der Waals surface area contributed by atoms with Gasteiger partial charge in [-0.2, -0.15) is 0 Å². The zero-order chi connectivity index (χ0) is 13.4. The lowest BCUT2D eigenvalue weighted by Gasteiger charge is -2.00. The Kier molecular flexibility index (Phi) is 2.80. The molecular weight excluding hydrogens is 256 g/mol. The van der Waals surface area contributed by atoms with Crippen molar-refractivity contribution in [2.24, 2.45) is 0 Å². The van der Waals surface area contributed by atoms with Gasteiger partial charge in [0.1, 0.15) is 9.71 Å². The number of carbonyl (C=O) groups excluding carboxylic acids is 1. The van der Waals surface area contributed by atoms with Crippen molar-refractivity contribution in [1.82, 2.24) is 4.98 Å². The highest BCUT2D eigenvalue weighted by atomic mass is 32.1. The molecule has 94 valence electrons. The summed E-state index contributed by atoms with van der Waals surface area (Å²) in [7, 11) is 0. The van der Waals surface area contributed by atoms with Gasteiger partial charge in [0.25, 0.3) is 0 Å². The van der Waals surface area contributed by atoms with Crippen molar-refractivity contribution in [3.8, 4) is 0 Å². The SMILES string of the molecule is Cc1ccc(C(=O)c2sc3ncccc3c2N)cc1. The van der Waals surface area contributed by atoms with Crippen molar-refractivity contribution in [1.29, 1.82) is 0 Å². The highest BCUT2D eigenvalue weighted by Crippen LogP contribution is 2.33. The second-order valence-electron chi connectivity index (χ2n) is 4.40. The van der Waals surface area contributed by atoms with E-state index in [0.29, 0.717) is 16.1 Å². The number of thiophene rings is 1. The summed E-state index contributed by atoms with van der Waals surface area (Å²) in [5.74, 6) is -0.0412. The van der Waals surface area contributed by atoms with Crippen LogP contribution in [-0.4, -0.2) is 10.8 Å². The second-order valence-corrected chi connectivity index (χ2v) is 5.40. The number of pyridine rings is 1. The van der Waals surface area contributed by atoms with Crippen LogP contribution >= 0.6 is 11.3 Å². The number of hydrogen-bond donors (Lipinski definition) is 1. The summed E-state index contributed by atoms with van der Waals surface area (Å²) in [5, 5.41) is 0.850. The molecule has 0 bridgehead atoms.